The number of amides is 1. The van der Waals surface area contributed by atoms with Crippen LogP contribution < -0.4 is 0 Å². The lowest BCUT2D eigenvalue weighted by molar-refractivity contribution is -0.154. The SMILES string of the molecule is Cc1cc(C(=O)N2CCO[C@@H](C(=O)O)C2)c(C)n1-c1ccc(F)cc1. The minimum absolute atomic E-state index is 0.0222. The maximum absolute atomic E-state index is 13.2. The smallest absolute Gasteiger partial charge is 0.334 e. The van der Waals surface area contributed by atoms with Crippen LogP contribution in [0.1, 0.15) is 21.7 Å². The van der Waals surface area contributed by atoms with Gasteiger partial charge < -0.3 is 19.3 Å². The second-order valence-corrected chi connectivity index (χ2v) is 6.05. The lowest BCUT2D eigenvalue weighted by atomic mass is 10.2. The summed E-state index contributed by atoms with van der Waals surface area (Å²) in [5.41, 5.74) is 2.84. The van der Waals surface area contributed by atoms with E-state index in [1.165, 1.54) is 17.0 Å². The van der Waals surface area contributed by atoms with Gasteiger partial charge in [-0.1, -0.05) is 0 Å². The van der Waals surface area contributed by atoms with E-state index in [1.54, 1.807) is 18.2 Å². The van der Waals surface area contributed by atoms with Gasteiger partial charge in [-0.25, -0.2) is 9.18 Å². The first-order valence-corrected chi connectivity index (χ1v) is 7.97. The van der Waals surface area contributed by atoms with Gasteiger partial charge in [0.2, 0.25) is 0 Å². The van der Waals surface area contributed by atoms with Crippen LogP contribution in [-0.2, 0) is 9.53 Å². The molecule has 0 aliphatic carbocycles. The Labute approximate surface area is 144 Å². The maximum Gasteiger partial charge on any atom is 0.334 e. The van der Waals surface area contributed by atoms with Gasteiger partial charge in [0.15, 0.2) is 6.10 Å². The number of carboxylic acid groups (broad SMARTS) is 1. The molecule has 1 aromatic heterocycles. The number of aryl methyl sites for hydroxylation is 1. The Hall–Kier alpha value is -2.67. The zero-order chi connectivity index (χ0) is 18.1. The van der Waals surface area contributed by atoms with E-state index < -0.39 is 12.1 Å². The van der Waals surface area contributed by atoms with Crippen LogP contribution in [0.5, 0.6) is 0 Å². The van der Waals surface area contributed by atoms with Crippen LogP contribution in [0.3, 0.4) is 0 Å². The van der Waals surface area contributed by atoms with E-state index in [0.717, 1.165) is 17.1 Å². The number of carboxylic acids is 1. The molecule has 1 amide bonds. The molecule has 0 radical (unpaired) electrons. The zero-order valence-electron chi connectivity index (χ0n) is 14.0. The first kappa shape index (κ1) is 17.2. The highest BCUT2D eigenvalue weighted by Crippen LogP contribution is 2.23. The Morgan fingerprint density at radius 1 is 1.24 bits per heavy atom. The molecule has 1 aliphatic rings. The van der Waals surface area contributed by atoms with Gasteiger partial charge in [0.1, 0.15) is 5.82 Å². The van der Waals surface area contributed by atoms with Crippen LogP contribution in [0.25, 0.3) is 5.69 Å². The average molecular weight is 346 g/mol. The molecule has 25 heavy (non-hydrogen) atoms. The molecule has 0 spiro atoms. The van der Waals surface area contributed by atoms with Crippen molar-refractivity contribution in [2.75, 3.05) is 19.7 Å². The second kappa shape index (κ2) is 6.68. The van der Waals surface area contributed by atoms with Crippen LogP contribution in [0.2, 0.25) is 0 Å². The standard InChI is InChI=1S/C18H19FN2O4/c1-11-9-15(12(2)21(11)14-5-3-13(19)4-6-14)17(22)20-7-8-25-16(10-20)18(23)24/h3-6,9,16H,7-8,10H2,1-2H3,(H,23,24)/t16-/m1/s1. The fourth-order valence-corrected chi connectivity index (χ4v) is 3.12. The van der Waals surface area contributed by atoms with Crippen molar-refractivity contribution in [1.29, 1.82) is 0 Å². The molecule has 132 valence electrons. The van der Waals surface area contributed by atoms with Gasteiger partial charge in [0.25, 0.3) is 5.91 Å². The number of morpholine rings is 1. The highest BCUT2D eigenvalue weighted by molar-refractivity contribution is 5.96. The lowest BCUT2D eigenvalue weighted by Crippen LogP contribution is -2.48. The van der Waals surface area contributed by atoms with Crippen LogP contribution in [0.4, 0.5) is 4.39 Å². The largest absolute Gasteiger partial charge is 0.479 e. The number of hydrogen-bond acceptors (Lipinski definition) is 3. The van der Waals surface area contributed by atoms with E-state index in [1.807, 2.05) is 18.4 Å². The summed E-state index contributed by atoms with van der Waals surface area (Å²) in [6.07, 6.45) is -1.00. The topological polar surface area (TPSA) is 71.8 Å². The van der Waals surface area contributed by atoms with Crippen LogP contribution in [-0.4, -0.2) is 52.3 Å². The molecule has 6 nitrogen and oxygen atoms in total. The molecular weight excluding hydrogens is 327 g/mol. The quantitative estimate of drug-likeness (QED) is 0.924. The summed E-state index contributed by atoms with van der Waals surface area (Å²) in [4.78, 5) is 25.4. The number of aliphatic carboxylic acids is 1. The average Bonchev–Trinajstić information content (AvgIpc) is 2.90. The van der Waals surface area contributed by atoms with E-state index in [9.17, 15) is 14.0 Å². The van der Waals surface area contributed by atoms with E-state index in [0.29, 0.717) is 12.1 Å². The molecule has 3 rings (SSSR count). The monoisotopic (exact) mass is 346 g/mol. The third kappa shape index (κ3) is 3.28. The molecule has 2 heterocycles. The summed E-state index contributed by atoms with van der Waals surface area (Å²) in [5.74, 6) is -1.62. The molecule has 0 saturated carbocycles. The summed E-state index contributed by atoms with van der Waals surface area (Å²) in [7, 11) is 0. The molecule has 1 saturated heterocycles. The van der Waals surface area contributed by atoms with Crippen molar-refractivity contribution in [3.05, 3.63) is 53.1 Å². The number of rotatable bonds is 3. The number of halogens is 1. The highest BCUT2D eigenvalue weighted by atomic mass is 19.1. The Balaban J connectivity index is 1.90. The molecule has 1 N–H and O–H groups in total. The Bertz CT molecular complexity index is 813. The predicted octanol–water partition coefficient (Wildman–Crippen LogP) is 2.16. The fourth-order valence-electron chi connectivity index (χ4n) is 3.12. The number of carbonyl (C=O) groups excluding carboxylic acids is 1. The van der Waals surface area contributed by atoms with Gasteiger partial charge in [0.05, 0.1) is 18.7 Å². The summed E-state index contributed by atoms with van der Waals surface area (Å²) in [6, 6.07) is 7.81. The van der Waals surface area contributed by atoms with E-state index in [4.69, 9.17) is 9.84 Å². The van der Waals surface area contributed by atoms with Crippen molar-refractivity contribution >= 4 is 11.9 Å². The van der Waals surface area contributed by atoms with Gasteiger partial charge in [-0.15, -0.1) is 0 Å². The fraction of sp³-hybridized carbons (Fsp3) is 0.333. The number of hydrogen-bond donors (Lipinski definition) is 1. The summed E-state index contributed by atoms with van der Waals surface area (Å²) < 4.78 is 20.2. The van der Waals surface area contributed by atoms with Crippen LogP contribution >= 0.6 is 0 Å². The lowest BCUT2D eigenvalue weighted by Gasteiger charge is -2.30. The number of benzene rings is 1. The number of ether oxygens (including phenoxy) is 1. The molecule has 0 bridgehead atoms. The third-order valence-corrected chi connectivity index (χ3v) is 4.38. The zero-order valence-corrected chi connectivity index (χ0v) is 14.0. The van der Waals surface area contributed by atoms with Crippen LogP contribution in [0, 0.1) is 19.7 Å². The van der Waals surface area contributed by atoms with Crippen molar-refractivity contribution in [2.24, 2.45) is 0 Å². The minimum Gasteiger partial charge on any atom is -0.479 e. The summed E-state index contributed by atoms with van der Waals surface area (Å²) >= 11 is 0. The van der Waals surface area contributed by atoms with E-state index in [-0.39, 0.29) is 24.9 Å². The van der Waals surface area contributed by atoms with Gasteiger partial charge in [0, 0.05) is 23.6 Å². The van der Waals surface area contributed by atoms with Crippen molar-refractivity contribution in [3.63, 3.8) is 0 Å². The summed E-state index contributed by atoms with van der Waals surface area (Å²) in [5, 5.41) is 9.08. The van der Waals surface area contributed by atoms with Crippen molar-refractivity contribution in [2.45, 2.75) is 20.0 Å². The van der Waals surface area contributed by atoms with Crippen molar-refractivity contribution in [3.8, 4) is 5.69 Å². The van der Waals surface area contributed by atoms with Crippen molar-refractivity contribution in [1.82, 2.24) is 9.47 Å². The molecular formula is C18H19FN2O4. The van der Waals surface area contributed by atoms with Gasteiger partial charge in [-0.05, 0) is 44.2 Å². The Morgan fingerprint density at radius 2 is 1.92 bits per heavy atom. The molecule has 1 atom stereocenters. The second-order valence-electron chi connectivity index (χ2n) is 6.05. The van der Waals surface area contributed by atoms with Gasteiger partial charge in [-0.3, -0.25) is 4.79 Å². The molecule has 1 fully saturated rings. The number of aromatic nitrogens is 1. The molecule has 1 aliphatic heterocycles. The summed E-state index contributed by atoms with van der Waals surface area (Å²) in [6.45, 7) is 4.25. The van der Waals surface area contributed by atoms with E-state index in [2.05, 4.69) is 0 Å². The van der Waals surface area contributed by atoms with Crippen LogP contribution in [0.15, 0.2) is 30.3 Å². The Kier molecular flexibility index (Phi) is 4.59. The predicted molar refractivity (Wildman–Crippen MR) is 88.5 cm³/mol. The molecule has 1 aromatic carbocycles. The number of nitrogens with zero attached hydrogens (tertiary/aromatic N) is 2. The number of carbonyl (C=O) groups is 2. The first-order chi connectivity index (χ1) is 11.9. The van der Waals surface area contributed by atoms with Crippen molar-refractivity contribution < 1.29 is 23.8 Å². The van der Waals surface area contributed by atoms with E-state index >= 15 is 0 Å². The minimum atomic E-state index is -1.07. The molecule has 2 aromatic rings. The highest BCUT2D eigenvalue weighted by Gasteiger charge is 2.31. The third-order valence-electron chi connectivity index (χ3n) is 4.38. The molecule has 0 unspecified atom stereocenters. The first-order valence-electron chi connectivity index (χ1n) is 7.97. The normalized spacial score (nSPS) is 17.6. The Morgan fingerprint density at radius 3 is 2.56 bits per heavy atom. The maximum atomic E-state index is 13.2. The van der Waals surface area contributed by atoms with Gasteiger partial charge in [-0.2, -0.15) is 0 Å². The van der Waals surface area contributed by atoms with Gasteiger partial charge >= 0.3 is 5.97 Å². The molecule has 7 heteroatoms.